The number of thioether (sulfide) groups is 1. The lowest BCUT2D eigenvalue weighted by Crippen LogP contribution is -1.73. The van der Waals surface area contributed by atoms with Gasteiger partial charge in [-0.1, -0.05) is 41.6 Å². The predicted octanol–water partition coefficient (Wildman–Crippen LogP) is 4.50. The average molecular weight is 248 g/mol. The standard InChI is InChI=1S/C13H10ClNS/c14-12-5-1-2-6-13(12)16-9-7-11-4-3-8-15-10-11/h1-10H/b9-7+. The highest BCUT2D eigenvalue weighted by atomic mass is 35.5. The van der Waals surface area contributed by atoms with Crippen LogP contribution in [0.5, 0.6) is 0 Å². The van der Waals surface area contributed by atoms with Gasteiger partial charge >= 0.3 is 0 Å². The third-order valence-corrected chi connectivity index (χ3v) is 3.30. The third kappa shape index (κ3) is 3.12. The fraction of sp³-hybridized carbons (Fsp3) is 0. The van der Waals surface area contributed by atoms with Gasteiger partial charge in [0.05, 0.1) is 5.02 Å². The maximum absolute atomic E-state index is 6.04. The van der Waals surface area contributed by atoms with Gasteiger partial charge in [-0.15, -0.1) is 0 Å². The van der Waals surface area contributed by atoms with Crippen molar-refractivity contribution in [1.82, 2.24) is 4.98 Å². The van der Waals surface area contributed by atoms with Gasteiger partial charge < -0.3 is 0 Å². The minimum absolute atomic E-state index is 0.781. The molecule has 0 fully saturated rings. The molecule has 0 aliphatic rings. The topological polar surface area (TPSA) is 12.9 Å². The summed E-state index contributed by atoms with van der Waals surface area (Å²) in [5.41, 5.74) is 1.09. The second kappa shape index (κ2) is 5.73. The molecule has 0 aliphatic heterocycles. The average Bonchev–Trinajstić information content (AvgIpc) is 2.33. The van der Waals surface area contributed by atoms with Crippen LogP contribution >= 0.6 is 23.4 Å². The Kier molecular flexibility index (Phi) is 4.03. The van der Waals surface area contributed by atoms with E-state index in [-0.39, 0.29) is 0 Å². The lowest BCUT2D eigenvalue weighted by Gasteiger charge is -1.98. The summed E-state index contributed by atoms with van der Waals surface area (Å²) < 4.78 is 0. The maximum atomic E-state index is 6.04. The number of pyridine rings is 1. The summed E-state index contributed by atoms with van der Waals surface area (Å²) in [6.07, 6.45) is 5.60. The van der Waals surface area contributed by atoms with Gasteiger partial charge in [0, 0.05) is 17.3 Å². The molecule has 0 saturated carbocycles. The highest BCUT2D eigenvalue weighted by Gasteiger charge is 1.95. The molecule has 1 heterocycles. The Morgan fingerprint density at radius 3 is 2.75 bits per heavy atom. The van der Waals surface area contributed by atoms with Crippen LogP contribution in [0.15, 0.2) is 59.1 Å². The number of hydrogen-bond donors (Lipinski definition) is 0. The van der Waals surface area contributed by atoms with Crippen LogP contribution in [0.2, 0.25) is 5.02 Å². The van der Waals surface area contributed by atoms with Crippen molar-refractivity contribution in [2.75, 3.05) is 0 Å². The molecule has 80 valence electrons. The number of halogens is 1. The zero-order valence-electron chi connectivity index (χ0n) is 8.51. The quantitative estimate of drug-likeness (QED) is 0.741. The molecule has 0 bridgehead atoms. The zero-order valence-corrected chi connectivity index (χ0v) is 10.1. The Morgan fingerprint density at radius 2 is 2.00 bits per heavy atom. The summed E-state index contributed by atoms with van der Waals surface area (Å²) in [5.74, 6) is 0. The van der Waals surface area contributed by atoms with Gasteiger partial charge in [-0.2, -0.15) is 0 Å². The Bertz CT molecular complexity index is 482. The van der Waals surface area contributed by atoms with Crippen molar-refractivity contribution < 1.29 is 0 Å². The molecule has 3 heteroatoms. The number of benzene rings is 1. The monoisotopic (exact) mass is 247 g/mol. The Morgan fingerprint density at radius 1 is 1.12 bits per heavy atom. The molecule has 0 radical (unpaired) electrons. The fourth-order valence-corrected chi connectivity index (χ4v) is 2.18. The summed E-state index contributed by atoms with van der Waals surface area (Å²) in [6.45, 7) is 0. The highest BCUT2D eigenvalue weighted by Crippen LogP contribution is 2.27. The van der Waals surface area contributed by atoms with Crippen molar-refractivity contribution in [3.8, 4) is 0 Å². The predicted molar refractivity (Wildman–Crippen MR) is 70.6 cm³/mol. The van der Waals surface area contributed by atoms with E-state index in [2.05, 4.69) is 4.98 Å². The Labute approximate surface area is 104 Å². The number of nitrogens with zero attached hydrogens (tertiary/aromatic N) is 1. The van der Waals surface area contributed by atoms with Gasteiger partial charge in [0.15, 0.2) is 0 Å². The summed E-state index contributed by atoms with van der Waals surface area (Å²) in [7, 11) is 0. The minimum Gasteiger partial charge on any atom is -0.264 e. The van der Waals surface area contributed by atoms with E-state index in [0.717, 1.165) is 15.5 Å². The molecule has 1 nitrogen and oxygen atoms in total. The first kappa shape index (κ1) is 11.2. The van der Waals surface area contributed by atoms with Crippen molar-refractivity contribution >= 4 is 29.4 Å². The van der Waals surface area contributed by atoms with E-state index < -0.39 is 0 Å². The normalized spacial score (nSPS) is 10.8. The van der Waals surface area contributed by atoms with Crippen molar-refractivity contribution in [1.29, 1.82) is 0 Å². The molecule has 2 aromatic rings. The van der Waals surface area contributed by atoms with Crippen LogP contribution in [0, 0.1) is 0 Å². The van der Waals surface area contributed by atoms with Crippen LogP contribution in [-0.4, -0.2) is 4.98 Å². The molecule has 1 aromatic carbocycles. The SMILES string of the molecule is Clc1ccccc1S/C=C/c1cccnc1. The molecule has 1 aromatic heterocycles. The molecule has 0 atom stereocenters. The smallest absolute Gasteiger partial charge is 0.0545 e. The fourth-order valence-electron chi connectivity index (χ4n) is 1.20. The van der Waals surface area contributed by atoms with E-state index in [1.165, 1.54) is 0 Å². The van der Waals surface area contributed by atoms with Crippen LogP contribution in [0.3, 0.4) is 0 Å². The molecular formula is C13H10ClNS. The van der Waals surface area contributed by atoms with E-state index in [1.807, 2.05) is 54.1 Å². The van der Waals surface area contributed by atoms with Gasteiger partial charge in [0.2, 0.25) is 0 Å². The second-order valence-electron chi connectivity index (χ2n) is 3.14. The first-order valence-electron chi connectivity index (χ1n) is 4.84. The van der Waals surface area contributed by atoms with E-state index in [1.54, 1.807) is 18.0 Å². The number of hydrogen-bond acceptors (Lipinski definition) is 2. The first-order valence-corrected chi connectivity index (χ1v) is 6.10. The zero-order chi connectivity index (χ0) is 11.2. The number of aromatic nitrogens is 1. The summed E-state index contributed by atoms with van der Waals surface area (Å²) in [5, 5.41) is 2.79. The lowest BCUT2D eigenvalue weighted by molar-refractivity contribution is 1.32. The molecule has 0 spiro atoms. The van der Waals surface area contributed by atoms with Gasteiger partial charge in [-0.05, 0) is 35.2 Å². The molecule has 16 heavy (non-hydrogen) atoms. The molecule has 0 amide bonds. The Balaban J connectivity index is 2.03. The molecule has 0 saturated heterocycles. The van der Waals surface area contributed by atoms with Crippen LogP contribution in [-0.2, 0) is 0 Å². The van der Waals surface area contributed by atoms with Crippen molar-refractivity contribution in [3.05, 3.63) is 64.8 Å². The summed E-state index contributed by atoms with van der Waals surface area (Å²) in [6, 6.07) is 11.7. The van der Waals surface area contributed by atoms with Crippen LogP contribution in [0.4, 0.5) is 0 Å². The van der Waals surface area contributed by atoms with Gasteiger partial charge in [-0.25, -0.2) is 0 Å². The summed E-state index contributed by atoms with van der Waals surface area (Å²) in [4.78, 5) is 5.10. The van der Waals surface area contributed by atoms with E-state index in [0.29, 0.717) is 0 Å². The van der Waals surface area contributed by atoms with E-state index in [9.17, 15) is 0 Å². The second-order valence-corrected chi connectivity index (χ2v) is 4.49. The Hall–Kier alpha value is -1.25. The molecule has 0 aliphatic carbocycles. The van der Waals surface area contributed by atoms with Crippen LogP contribution in [0.1, 0.15) is 5.56 Å². The van der Waals surface area contributed by atoms with E-state index in [4.69, 9.17) is 11.6 Å². The molecule has 2 rings (SSSR count). The van der Waals surface area contributed by atoms with E-state index >= 15 is 0 Å². The molecule has 0 N–H and O–H groups in total. The third-order valence-electron chi connectivity index (χ3n) is 1.98. The minimum atomic E-state index is 0.781. The largest absolute Gasteiger partial charge is 0.264 e. The highest BCUT2D eigenvalue weighted by molar-refractivity contribution is 8.02. The van der Waals surface area contributed by atoms with Crippen LogP contribution in [0.25, 0.3) is 6.08 Å². The van der Waals surface area contributed by atoms with Crippen molar-refractivity contribution in [3.63, 3.8) is 0 Å². The van der Waals surface area contributed by atoms with Gasteiger partial charge in [-0.3, -0.25) is 4.98 Å². The van der Waals surface area contributed by atoms with Crippen molar-refractivity contribution in [2.24, 2.45) is 0 Å². The summed E-state index contributed by atoms with van der Waals surface area (Å²) >= 11 is 7.64. The maximum Gasteiger partial charge on any atom is 0.0545 e. The molecular weight excluding hydrogens is 238 g/mol. The molecule has 0 unspecified atom stereocenters. The number of rotatable bonds is 3. The van der Waals surface area contributed by atoms with Gasteiger partial charge in [0.25, 0.3) is 0 Å². The van der Waals surface area contributed by atoms with Crippen LogP contribution < -0.4 is 0 Å². The first-order chi connectivity index (χ1) is 7.86. The van der Waals surface area contributed by atoms with Crippen molar-refractivity contribution in [2.45, 2.75) is 4.90 Å². The van der Waals surface area contributed by atoms with Gasteiger partial charge in [0.1, 0.15) is 0 Å². The lowest BCUT2D eigenvalue weighted by atomic mass is 10.3.